The number of rotatable bonds is 3. The standard InChI is InChI=1S/C13H10N4O3/c14-12-11-8-3-7(5-18)1-2-9(8)17(4-10(19)20)13(11)16-6-15-12/h1-3,5-6H,4H2,(H,19,20)(H2,14,15,16). The molecular formula is C13H10N4O3. The molecule has 0 aliphatic heterocycles. The molecule has 2 heterocycles. The quantitative estimate of drug-likeness (QED) is 0.688. The van der Waals surface area contributed by atoms with E-state index in [1.165, 1.54) is 6.33 Å². The maximum absolute atomic E-state index is 11.0. The fourth-order valence-electron chi connectivity index (χ4n) is 2.32. The molecule has 0 aliphatic rings. The summed E-state index contributed by atoms with van der Waals surface area (Å²) >= 11 is 0. The summed E-state index contributed by atoms with van der Waals surface area (Å²) in [6.45, 7) is -0.239. The Morgan fingerprint density at radius 3 is 2.90 bits per heavy atom. The Bertz CT molecular complexity index is 854. The predicted octanol–water partition coefficient (Wildman–Crippen LogP) is 1.06. The summed E-state index contributed by atoms with van der Waals surface area (Å²) in [6.07, 6.45) is 2.01. The van der Waals surface area contributed by atoms with E-state index in [0.29, 0.717) is 27.5 Å². The van der Waals surface area contributed by atoms with E-state index in [1.807, 2.05) is 0 Å². The molecule has 3 rings (SSSR count). The summed E-state index contributed by atoms with van der Waals surface area (Å²) in [7, 11) is 0. The van der Waals surface area contributed by atoms with Crippen LogP contribution in [0.3, 0.4) is 0 Å². The lowest BCUT2D eigenvalue weighted by atomic mass is 10.1. The molecule has 7 nitrogen and oxygen atoms in total. The zero-order valence-corrected chi connectivity index (χ0v) is 10.3. The summed E-state index contributed by atoms with van der Waals surface area (Å²) in [6, 6.07) is 4.96. The number of nitrogens with two attached hydrogens (primary N) is 1. The van der Waals surface area contributed by atoms with Crippen LogP contribution in [0, 0.1) is 0 Å². The summed E-state index contributed by atoms with van der Waals surface area (Å²) in [5.41, 5.74) is 7.43. The molecule has 0 bridgehead atoms. The van der Waals surface area contributed by atoms with Gasteiger partial charge in [0.1, 0.15) is 30.6 Å². The van der Waals surface area contributed by atoms with Gasteiger partial charge in [-0.15, -0.1) is 0 Å². The predicted molar refractivity (Wildman–Crippen MR) is 72.5 cm³/mol. The highest BCUT2D eigenvalue weighted by molar-refractivity contribution is 6.12. The molecule has 3 aromatic rings. The zero-order valence-electron chi connectivity index (χ0n) is 10.3. The largest absolute Gasteiger partial charge is 0.480 e. The number of carboxylic acids is 1. The van der Waals surface area contributed by atoms with Crippen LogP contribution in [-0.4, -0.2) is 31.9 Å². The second-order valence-electron chi connectivity index (χ2n) is 4.33. The summed E-state index contributed by atoms with van der Waals surface area (Å²) in [5.74, 6) is -0.729. The Morgan fingerprint density at radius 2 is 2.20 bits per heavy atom. The van der Waals surface area contributed by atoms with Crippen LogP contribution in [0.4, 0.5) is 5.82 Å². The second-order valence-corrected chi connectivity index (χ2v) is 4.33. The number of nitrogens with zero attached hydrogens (tertiary/aromatic N) is 3. The fraction of sp³-hybridized carbons (Fsp3) is 0.0769. The van der Waals surface area contributed by atoms with Crippen LogP contribution >= 0.6 is 0 Å². The number of nitrogen functional groups attached to an aromatic ring is 1. The minimum atomic E-state index is -0.986. The molecule has 1 aromatic carbocycles. The molecule has 7 heteroatoms. The molecule has 100 valence electrons. The van der Waals surface area contributed by atoms with Gasteiger partial charge in [0, 0.05) is 10.9 Å². The molecule has 0 atom stereocenters. The Hall–Kier alpha value is -2.96. The third kappa shape index (κ3) is 1.68. The van der Waals surface area contributed by atoms with Crippen LogP contribution in [-0.2, 0) is 11.3 Å². The molecule has 0 saturated heterocycles. The van der Waals surface area contributed by atoms with Crippen LogP contribution in [0.1, 0.15) is 10.4 Å². The Labute approximate surface area is 112 Å². The van der Waals surface area contributed by atoms with E-state index in [9.17, 15) is 9.59 Å². The minimum Gasteiger partial charge on any atom is -0.480 e. The van der Waals surface area contributed by atoms with E-state index in [-0.39, 0.29) is 12.4 Å². The van der Waals surface area contributed by atoms with Gasteiger partial charge >= 0.3 is 5.97 Å². The molecule has 2 aromatic heterocycles. The first-order valence-electron chi connectivity index (χ1n) is 5.81. The van der Waals surface area contributed by atoms with Gasteiger partial charge in [0.15, 0.2) is 0 Å². The average molecular weight is 270 g/mol. The Balaban J connectivity index is 2.49. The molecule has 0 aliphatic carbocycles. The normalized spacial score (nSPS) is 11.0. The highest BCUT2D eigenvalue weighted by Gasteiger charge is 2.16. The van der Waals surface area contributed by atoms with Gasteiger partial charge in [0.05, 0.1) is 10.9 Å². The number of carbonyl (C=O) groups is 2. The maximum atomic E-state index is 11.0. The number of fused-ring (bicyclic) bond motifs is 3. The van der Waals surface area contributed by atoms with Crippen LogP contribution in [0.15, 0.2) is 24.5 Å². The van der Waals surface area contributed by atoms with E-state index in [1.54, 1.807) is 22.8 Å². The van der Waals surface area contributed by atoms with E-state index in [0.717, 1.165) is 6.29 Å². The molecule has 0 spiro atoms. The lowest BCUT2D eigenvalue weighted by Crippen LogP contribution is -2.09. The molecule has 0 unspecified atom stereocenters. The van der Waals surface area contributed by atoms with Crippen LogP contribution in [0.2, 0.25) is 0 Å². The van der Waals surface area contributed by atoms with Crippen LogP contribution in [0.25, 0.3) is 21.9 Å². The number of aromatic nitrogens is 3. The van der Waals surface area contributed by atoms with Crippen LogP contribution in [0.5, 0.6) is 0 Å². The highest BCUT2D eigenvalue weighted by atomic mass is 16.4. The van der Waals surface area contributed by atoms with Gasteiger partial charge in [-0.2, -0.15) is 0 Å². The van der Waals surface area contributed by atoms with Gasteiger partial charge in [-0.25, -0.2) is 9.97 Å². The van der Waals surface area contributed by atoms with Gasteiger partial charge in [-0.3, -0.25) is 9.59 Å². The third-order valence-corrected chi connectivity index (χ3v) is 3.12. The topological polar surface area (TPSA) is 111 Å². The van der Waals surface area contributed by atoms with Crippen molar-refractivity contribution in [2.75, 3.05) is 5.73 Å². The summed E-state index contributed by atoms with van der Waals surface area (Å²) in [4.78, 5) is 29.9. The lowest BCUT2D eigenvalue weighted by molar-refractivity contribution is -0.137. The SMILES string of the molecule is Nc1ncnc2c1c1cc(C=O)ccc1n2CC(=O)O. The van der Waals surface area contributed by atoms with Crippen molar-refractivity contribution in [3.05, 3.63) is 30.1 Å². The number of hydrogen-bond acceptors (Lipinski definition) is 5. The first kappa shape index (κ1) is 12.1. The smallest absolute Gasteiger partial charge is 0.323 e. The van der Waals surface area contributed by atoms with E-state index >= 15 is 0 Å². The molecular weight excluding hydrogens is 260 g/mol. The summed E-state index contributed by atoms with van der Waals surface area (Å²) < 4.78 is 1.54. The number of aldehydes is 1. The molecule has 20 heavy (non-hydrogen) atoms. The number of benzene rings is 1. The lowest BCUT2D eigenvalue weighted by Gasteiger charge is -2.02. The number of hydrogen-bond donors (Lipinski definition) is 2. The van der Waals surface area contributed by atoms with Crippen LogP contribution < -0.4 is 5.73 Å². The maximum Gasteiger partial charge on any atom is 0.323 e. The van der Waals surface area contributed by atoms with Crippen molar-refractivity contribution >= 4 is 40.0 Å². The highest BCUT2D eigenvalue weighted by Crippen LogP contribution is 2.31. The molecule has 0 saturated carbocycles. The van der Waals surface area contributed by atoms with Crippen molar-refractivity contribution in [1.29, 1.82) is 0 Å². The van der Waals surface area contributed by atoms with Gasteiger partial charge in [-0.1, -0.05) is 0 Å². The van der Waals surface area contributed by atoms with Gasteiger partial charge in [0.25, 0.3) is 0 Å². The van der Waals surface area contributed by atoms with Crippen molar-refractivity contribution in [2.45, 2.75) is 6.54 Å². The first-order chi connectivity index (χ1) is 9.61. The van der Waals surface area contributed by atoms with Gasteiger partial charge in [-0.05, 0) is 18.2 Å². The fourth-order valence-corrected chi connectivity index (χ4v) is 2.32. The number of carboxylic acid groups (broad SMARTS) is 1. The average Bonchev–Trinajstić information content (AvgIpc) is 2.73. The van der Waals surface area contributed by atoms with Crippen molar-refractivity contribution in [3.8, 4) is 0 Å². The summed E-state index contributed by atoms with van der Waals surface area (Å²) in [5, 5.41) is 10.3. The molecule has 0 radical (unpaired) electrons. The van der Waals surface area contributed by atoms with Gasteiger partial charge in [0.2, 0.25) is 0 Å². The van der Waals surface area contributed by atoms with Gasteiger partial charge < -0.3 is 15.4 Å². The number of anilines is 1. The Kier molecular flexibility index (Phi) is 2.60. The zero-order chi connectivity index (χ0) is 14.3. The number of aliphatic carboxylic acids is 1. The Morgan fingerprint density at radius 1 is 1.40 bits per heavy atom. The molecule has 0 amide bonds. The second kappa shape index (κ2) is 4.30. The molecule has 3 N–H and O–H groups in total. The third-order valence-electron chi connectivity index (χ3n) is 3.12. The van der Waals surface area contributed by atoms with Crippen molar-refractivity contribution in [2.24, 2.45) is 0 Å². The van der Waals surface area contributed by atoms with Crippen molar-refractivity contribution in [1.82, 2.24) is 14.5 Å². The van der Waals surface area contributed by atoms with E-state index < -0.39 is 5.97 Å². The number of carbonyl (C=O) groups excluding carboxylic acids is 1. The minimum absolute atomic E-state index is 0.239. The molecule has 0 fully saturated rings. The van der Waals surface area contributed by atoms with E-state index in [2.05, 4.69) is 9.97 Å². The van der Waals surface area contributed by atoms with Crippen molar-refractivity contribution < 1.29 is 14.7 Å². The first-order valence-corrected chi connectivity index (χ1v) is 5.81. The monoisotopic (exact) mass is 270 g/mol. The van der Waals surface area contributed by atoms with Crippen molar-refractivity contribution in [3.63, 3.8) is 0 Å². The van der Waals surface area contributed by atoms with E-state index in [4.69, 9.17) is 10.8 Å².